The van der Waals surface area contributed by atoms with Gasteiger partial charge in [-0.15, -0.1) is 0 Å². The average Bonchev–Trinajstić information content (AvgIpc) is 3.34. The molecule has 1 unspecified atom stereocenters. The molecule has 2 aromatic carbocycles. The number of hydrogen-bond donors (Lipinski definition) is 2. The molecule has 10 heteroatoms. The molecule has 0 aliphatic heterocycles. The van der Waals surface area contributed by atoms with E-state index < -0.39 is 11.6 Å². The maximum atomic E-state index is 14.5. The Hall–Kier alpha value is -4.83. The third-order valence-electron chi connectivity index (χ3n) is 6.46. The smallest absolute Gasteiger partial charge is 0.129 e. The number of rotatable bonds is 10. The normalized spacial score (nSPS) is 12.6. The Morgan fingerprint density at radius 1 is 0.925 bits per heavy atom. The van der Waals surface area contributed by atoms with Crippen LogP contribution in [-0.2, 0) is 6.54 Å². The molecule has 3 N–H and O–H groups in total. The van der Waals surface area contributed by atoms with E-state index in [0.29, 0.717) is 18.7 Å². The third kappa shape index (κ3) is 6.08. The van der Waals surface area contributed by atoms with Crippen LogP contribution in [-0.4, -0.2) is 40.4 Å². The molecule has 0 fully saturated rings. The number of aliphatic imine (C=N–C) groups is 2. The highest BCUT2D eigenvalue weighted by molar-refractivity contribution is 5.92. The minimum atomic E-state index is -0.636. The molecule has 0 aliphatic carbocycles. The van der Waals surface area contributed by atoms with Crippen molar-refractivity contribution in [2.75, 3.05) is 13.1 Å². The molecular weight excluding hydrogens is 515 g/mol. The number of benzene rings is 2. The summed E-state index contributed by atoms with van der Waals surface area (Å²) in [6.45, 7) is 1.09. The monoisotopic (exact) mass is 541 g/mol. The molecule has 0 amide bonds. The molecule has 5 rings (SSSR count). The second-order valence-corrected chi connectivity index (χ2v) is 9.11. The second kappa shape index (κ2) is 12.4. The van der Waals surface area contributed by atoms with Crippen LogP contribution in [0.2, 0.25) is 0 Å². The highest BCUT2D eigenvalue weighted by atomic mass is 19.1. The zero-order valence-electron chi connectivity index (χ0n) is 21.4. The van der Waals surface area contributed by atoms with Gasteiger partial charge >= 0.3 is 0 Å². The molecule has 40 heavy (non-hydrogen) atoms. The van der Waals surface area contributed by atoms with Crippen molar-refractivity contribution < 1.29 is 13.2 Å². The minimum Gasteiger partial charge on any atom is -0.390 e. The van der Waals surface area contributed by atoms with E-state index in [0.717, 1.165) is 45.9 Å². The zero-order valence-corrected chi connectivity index (χ0v) is 21.4. The Bertz CT molecular complexity index is 1650. The summed E-state index contributed by atoms with van der Waals surface area (Å²) >= 11 is 0. The summed E-state index contributed by atoms with van der Waals surface area (Å²) in [6, 6.07) is 17.6. The quantitative estimate of drug-likeness (QED) is 0.184. The van der Waals surface area contributed by atoms with Crippen molar-refractivity contribution in [2.45, 2.75) is 12.5 Å². The Kier molecular flexibility index (Phi) is 8.26. The van der Waals surface area contributed by atoms with Crippen molar-refractivity contribution in [1.29, 1.82) is 0 Å². The summed E-state index contributed by atoms with van der Waals surface area (Å²) in [6.07, 6.45) is 7.78. The maximum absolute atomic E-state index is 14.5. The molecule has 7 nitrogen and oxygen atoms in total. The molecule has 0 spiro atoms. The van der Waals surface area contributed by atoms with Crippen molar-refractivity contribution in [3.05, 3.63) is 114 Å². The lowest BCUT2D eigenvalue weighted by molar-refractivity contribution is 0.531. The van der Waals surface area contributed by atoms with Gasteiger partial charge in [0.05, 0.1) is 11.9 Å². The van der Waals surface area contributed by atoms with Gasteiger partial charge < -0.3 is 11.1 Å². The number of pyridine rings is 2. The van der Waals surface area contributed by atoms with Crippen LogP contribution >= 0.6 is 0 Å². The molecule has 202 valence electrons. The van der Waals surface area contributed by atoms with E-state index in [2.05, 4.69) is 20.3 Å². The fourth-order valence-corrected chi connectivity index (χ4v) is 4.57. The predicted molar refractivity (Wildman–Crippen MR) is 151 cm³/mol. The van der Waals surface area contributed by atoms with Gasteiger partial charge in [-0.2, -0.15) is 5.10 Å². The van der Waals surface area contributed by atoms with E-state index in [-0.39, 0.29) is 18.3 Å². The Morgan fingerprint density at radius 3 is 2.45 bits per heavy atom. The fourth-order valence-electron chi connectivity index (χ4n) is 4.57. The number of nitrogens with two attached hydrogens (primary N) is 1. The second-order valence-electron chi connectivity index (χ2n) is 9.11. The Morgan fingerprint density at radius 2 is 1.70 bits per heavy atom. The molecule has 0 aliphatic rings. The van der Waals surface area contributed by atoms with E-state index >= 15 is 0 Å². The summed E-state index contributed by atoms with van der Waals surface area (Å²) < 4.78 is 43.4. The number of nitrogens with one attached hydrogen (secondary N) is 1. The van der Waals surface area contributed by atoms with Gasteiger partial charge in [-0.1, -0.05) is 12.1 Å². The van der Waals surface area contributed by atoms with Crippen LogP contribution in [0, 0.1) is 17.5 Å². The Balaban J connectivity index is 1.40. The summed E-state index contributed by atoms with van der Waals surface area (Å²) in [5.41, 5.74) is 10.8. The van der Waals surface area contributed by atoms with E-state index in [1.165, 1.54) is 30.6 Å². The Labute approximate surface area is 228 Å². The lowest BCUT2D eigenvalue weighted by atomic mass is 9.98. The summed E-state index contributed by atoms with van der Waals surface area (Å²) in [5.74, 6) is -1.94. The highest BCUT2D eigenvalue weighted by Gasteiger charge is 2.18. The van der Waals surface area contributed by atoms with Gasteiger partial charge in [0, 0.05) is 61.3 Å². The maximum Gasteiger partial charge on any atom is 0.129 e. The first-order valence-electron chi connectivity index (χ1n) is 12.6. The average molecular weight is 542 g/mol. The molecule has 0 saturated carbocycles. The molecule has 0 saturated heterocycles. The van der Waals surface area contributed by atoms with E-state index in [9.17, 15) is 13.2 Å². The summed E-state index contributed by atoms with van der Waals surface area (Å²) in [5, 5.41) is 8.19. The van der Waals surface area contributed by atoms with Crippen LogP contribution < -0.4 is 11.1 Å². The first-order valence-corrected chi connectivity index (χ1v) is 12.6. The third-order valence-corrected chi connectivity index (χ3v) is 6.46. The number of halogens is 3. The van der Waals surface area contributed by atoms with Crippen molar-refractivity contribution in [3.63, 3.8) is 0 Å². The number of aromatic nitrogens is 3. The van der Waals surface area contributed by atoms with Crippen LogP contribution in [0.25, 0.3) is 27.9 Å². The number of hydrogen-bond acceptors (Lipinski definition) is 4. The van der Waals surface area contributed by atoms with Gasteiger partial charge in [0.15, 0.2) is 0 Å². The van der Waals surface area contributed by atoms with Gasteiger partial charge in [0.2, 0.25) is 0 Å². The van der Waals surface area contributed by atoms with Crippen LogP contribution in [0.5, 0.6) is 0 Å². The van der Waals surface area contributed by atoms with Gasteiger partial charge in [0.1, 0.15) is 29.5 Å². The lowest BCUT2D eigenvalue weighted by Gasteiger charge is -2.17. The molecule has 1 atom stereocenters. The zero-order chi connectivity index (χ0) is 27.9. The first-order chi connectivity index (χ1) is 19.5. The molecule has 3 heterocycles. The van der Waals surface area contributed by atoms with Gasteiger partial charge in [0.25, 0.3) is 0 Å². The molecule has 3 aromatic heterocycles. The largest absolute Gasteiger partial charge is 0.390 e. The van der Waals surface area contributed by atoms with Crippen LogP contribution in [0.15, 0.2) is 95.3 Å². The standard InChI is InChI=1S/C30H26F3N7/c31-24-4-2-22(3-5-24)30-29(21-9-11-35-12-10-21)28-8-1-20(17-40(28)39-30)14-36-15-23(16-37-19-38-18-34)26-7-6-25(32)13-27(26)33/h1-13,17-19,23,36H,14-16H2,(H2,34,37,38). The number of nitrogens with zero attached hydrogens (tertiary/aromatic N) is 5. The molecule has 0 radical (unpaired) electrons. The van der Waals surface area contributed by atoms with Crippen LogP contribution in [0.1, 0.15) is 17.0 Å². The van der Waals surface area contributed by atoms with Gasteiger partial charge in [-0.3, -0.25) is 9.98 Å². The van der Waals surface area contributed by atoms with Crippen LogP contribution in [0.4, 0.5) is 13.2 Å². The van der Waals surface area contributed by atoms with Crippen LogP contribution in [0.3, 0.4) is 0 Å². The van der Waals surface area contributed by atoms with Crippen molar-refractivity contribution >= 4 is 18.2 Å². The van der Waals surface area contributed by atoms with Crippen molar-refractivity contribution in [2.24, 2.45) is 15.7 Å². The fraction of sp³-hybridized carbons (Fsp3) is 0.133. The van der Waals surface area contributed by atoms with E-state index in [4.69, 9.17) is 10.8 Å². The highest BCUT2D eigenvalue weighted by Crippen LogP contribution is 2.35. The summed E-state index contributed by atoms with van der Waals surface area (Å²) in [4.78, 5) is 12.1. The summed E-state index contributed by atoms with van der Waals surface area (Å²) in [7, 11) is 0. The van der Waals surface area contributed by atoms with E-state index in [1.54, 1.807) is 29.0 Å². The minimum absolute atomic E-state index is 0.238. The predicted octanol–water partition coefficient (Wildman–Crippen LogP) is 5.37. The lowest BCUT2D eigenvalue weighted by Crippen LogP contribution is -2.24. The first kappa shape index (κ1) is 26.8. The van der Waals surface area contributed by atoms with Crippen molar-refractivity contribution in [3.8, 4) is 22.4 Å². The molecular formula is C30H26F3N7. The topological polar surface area (TPSA) is 93.0 Å². The molecule has 0 bridgehead atoms. The molecule has 5 aromatic rings. The van der Waals surface area contributed by atoms with Gasteiger partial charge in [-0.05, 0) is 65.2 Å². The van der Waals surface area contributed by atoms with E-state index in [1.807, 2.05) is 30.5 Å². The number of fused-ring (bicyclic) bond motifs is 1. The SMILES string of the molecule is NC=NC=NCC(CNCc1ccc2c(-c3ccncc3)c(-c3ccc(F)cc3)nn2c1)c1ccc(F)cc1F. The van der Waals surface area contributed by atoms with Gasteiger partial charge in [-0.25, -0.2) is 22.7 Å². The van der Waals surface area contributed by atoms with Crippen molar-refractivity contribution in [1.82, 2.24) is 19.9 Å².